The van der Waals surface area contributed by atoms with Gasteiger partial charge in [0.15, 0.2) is 0 Å². The molecule has 1 N–H and O–H groups in total. The standard InChI is InChI=1S/C10H14ClN3O5S/c1-3-19-9(15)4-5-20(16,17)14-10-12-7(11)6-8(13-10)18-2/h6H,3-5H2,1-2H3,(H,12,13,14). The summed E-state index contributed by atoms with van der Waals surface area (Å²) in [5.41, 5.74) is 0. The van der Waals surface area contributed by atoms with Gasteiger partial charge < -0.3 is 9.47 Å². The number of sulfonamides is 1. The van der Waals surface area contributed by atoms with E-state index in [0.29, 0.717) is 0 Å². The van der Waals surface area contributed by atoms with Gasteiger partial charge in [-0.15, -0.1) is 0 Å². The van der Waals surface area contributed by atoms with Gasteiger partial charge in [0.2, 0.25) is 21.9 Å². The monoisotopic (exact) mass is 323 g/mol. The molecular weight excluding hydrogens is 310 g/mol. The van der Waals surface area contributed by atoms with E-state index < -0.39 is 21.7 Å². The molecule has 0 unspecified atom stereocenters. The first kappa shape index (κ1) is 16.4. The maximum Gasteiger partial charge on any atom is 0.306 e. The van der Waals surface area contributed by atoms with E-state index in [1.54, 1.807) is 6.92 Å². The number of hydrogen-bond acceptors (Lipinski definition) is 7. The van der Waals surface area contributed by atoms with E-state index in [2.05, 4.69) is 19.4 Å². The van der Waals surface area contributed by atoms with Crippen LogP contribution >= 0.6 is 11.6 Å². The number of nitrogens with zero attached hydrogens (tertiary/aromatic N) is 2. The first-order valence-electron chi connectivity index (χ1n) is 5.61. The summed E-state index contributed by atoms with van der Waals surface area (Å²) < 4.78 is 35.1. The number of carbonyl (C=O) groups excluding carboxylic acids is 1. The quantitative estimate of drug-likeness (QED) is 0.585. The lowest BCUT2D eigenvalue weighted by Gasteiger charge is -2.07. The second-order valence-electron chi connectivity index (χ2n) is 3.53. The van der Waals surface area contributed by atoms with Gasteiger partial charge in [-0.3, -0.25) is 9.52 Å². The summed E-state index contributed by atoms with van der Waals surface area (Å²) in [6, 6.07) is 1.33. The number of anilines is 1. The molecule has 20 heavy (non-hydrogen) atoms. The van der Waals surface area contributed by atoms with Crippen LogP contribution in [0.1, 0.15) is 13.3 Å². The van der Waals surface area contributed by atoms with Crippen molar-refractivity contribution in [2.75, 3.05) is 24.2 Å². The lowest BCUT2D eigenvalue weighted by molar-refractivity contribution is -0.142. The number of rotatable bonds is 7. The summed E-state index contributed by atoms with van der Waals surface area (Å²) in [4.78, 5) is 18.6. The minimum Gasteiger partial charge on any atom is -0.481 e. The van der Waals surface area contributed by atoms with Gasteiger partial charge in [-0.1, -0.05) is 11.6 Å². The van der Waals surface area contributed by atoms with E-state index in [0.717, 1.165) is 0 Å². The number of methoxy groups -OCH3 is 1. The first-order valence-corrected chi connectivity index (χ1v) is 7.64. The van der Waals surface area contributed by atoms with Crippen LogP contribution in [0.15, 0.2) is 6.07 Å². The van der Waals surface area contributed by atoms with Gasteiger partial charge >= 0.3 is 5.97 Å². The molecule has 0 saturated carbocycles. The molecule has 0 aliphatic heterocycles. The van der Waals surface area contributed by atoms with Crippen molar-refractivity contribution in [1.29, 1.82) is 0 Å². The van der Waals surface area contributed by atoms with Crippen LogP contribution in [0.3, 0.4) is 0 Å². The van der Waals surface area contributed by atoms with Gasteiger partial charge in [-0.05, 0) is 6.92 Å². The molecule has 0 aliphatic rings. The summed E-state index contributed by atoms with van der Waals surface area (Å²) >= 11 is 5.69. The molecule has 0 atom stereocenters. The van der Waals surface area contributed by atoms with Crippen molar-refractivity contribution in [3.63, 3.8) is 0 Å². The molecule has 112 valence electrons. The van der Waals surface area contributed by atoms with Crippen LogP contribution in [0.25, 0.3) is 0 Å². The minimum absolute atomic E-state index is 0.0277. The van der Waals surface area contributed by atoms with Crippen molar-refractivity contribution < 1.29 is 22.7 Å². The molecule has 0 aromatic carbocycles. The number of nitrogens with one attached hydrogen (secondary N) is 1. The lowest BCUT2D eigenvalue weighted by Crippen LogP contribution is -2.21. The predicted molar refractivity (Wildman–Crippen MR) is 72.3 cm³/mol. The average molecular weight is 324 g/mol. The Bertz CT molecular complexity index is 578. The average Bonchev–Trinajstić information content (AvgIpc) is 2.35. The Hall–Kier alpha value is -1.61. The van der Waals surface area contributed by atoms with E-state index >= 15 is 0 Å². The molecule has 10 heteroatoms. The second kappa shape index (κ2) is 7.25. The number of carbonyl (C=O) groups is 1. The van der Waals surface area contributed by atoms with Crippen LogP contribution in [0, 0.1) is 0 Å². The molecule has 0 aliphatic carbocycles. The van der Waals surface area contributed by atoms with Crippen LogP contribution in [0.4, 0.5) is 5.95 Å². The maximum absolute atomic E-state index is 11.7. The van der Waals surface area contributed by atoms with Gasteiger partial charge in [-0.25, -0.2) is 13.4 Å². The van der Waals surface area contributed by atoms with E-state index in [4.69, 9.17) is 16.3 Å². The minimum atomic E-state index is -3.78. The third-order valence-electron chi connectivity index (χ3n) is 2.01. The zero-order chi connectivity index (χ0) is 15.2. The SMILES string of the molecule is CCOC(=O)CCS(=O)(=O)Nc1nc(Cl)cc(OC)n1. The van der Waals surface area contributed by atoms with Gasteiger partial charge in [0, 0.05) is 6.07 Å². The molecule has 1 aromatic rings. The fourth-order valence-electron chi connectivity index (χ4n) is 1.19. The van der Waals surface area contributed by atoms with Crippen LogP contribution in [0.2, 0.25) is 5.15 Å². The van der Waals surface area contributed by atoms with Gasteiger partial charge in [-0.2, -0.15) is 4.98 Å². The summed E-state index contributed by atoms with van der Waals surface area (Å²) in [5, 5.41) is 0.0277. The molecule has 1 heterocycles. The highest BCUT2D eigenvalue weighted by molar-refractivity contribution is 7.92. The Morgan fingerprint density at radius 3 is 2.75 bits per heavy atom. The normalized spacial score (nSPS) is 10.9. The summed E-state index contributed by atoms with van der Waals surface area (Å²) in [5.74, 6) is -1.14. The van der Waals surface area contributed by atoms with Crippen molar-refractivity contribution in [3.8, 4) is 5.88 Å². The molecule has 8 nitrogen and oxygen atoms in total. The lowest BCUT2D eigenvalue weighted by atomic mass is 10.5. The van der Waals surface area contributed by atoms with E-state index in [1.807, 2.05) is 0 Å². The van der Waals surface area contributed by atoms with Crippen molar-refractivity contribution in [2.24, 2.45) is 0 Å². The van der Waals surface area contributed by atoms with Crippen molar-refractivity contribution in [2.45, 2.75) is 13.3 Å². The Morgan fingerprint density at radius 2 is 2.15 bits per heavy atom. The zero-order valence-corrected chi connectivity index (χ0v) is 12.5. The summed E-state index contributed by atoms with van der Waals surface area (Å²) in [7, 11) is -2.42. The fourth-order valence-corrected chi connectivity index (χ4v) is 2.27. The molecule has 1 aromatic heterocycles. The molecule has 0 bridgehead atoms. The van der Waals surface area contributed by atoms with Crippen molar-refractivity contribution >= 4 is 33.5 Å². The smallest absolute Gasteiger partial charge is 0.306 e. The fraction of sp³-hybridized carbons (Fsp3) is 0.500. The zero-order valence-electron chi connectivity index (χ0n) is 10.9. The topological polar surface area (TPSA) is 107 Å². The van der Waals surface area contributed by atoms with Crippen molar-refractivity contribution in [3.05, 3.63) is 11.2 Å². The molecule has 1 rings (SSSR count). The highest BCUT2D eigenvalue weighted by Crippen LogP contribution is 2.16. The van der Waals surface area contributed by atoms with Crippen LogP contribution in [0.5, 0.6) is 5.88 Å². The van der Waals surface area contributed by atoms with Crippen LogP contribution in [-0.4, -0.2) is 43.8 Å². The van der Waals surface area contributed by atoms with E-state index in [1.165, 1.54) is 13.2 Å². The third kappa shape index (κ3) is 5.57. The Balaban J connectivity index is 2.71. The highest BCUT2D eigenvalue weighted by Gasteiger charge is 2.16. The van der Waals surface area contributed by atoms with Gasteiger partial charge in [0.25, 0.3) is 0 Å². The third-order valence-corrected chi connectivity index (χ3v) is 3.44. The van der Waals surface area contributed by atoms with E-state index in [9.17, 15) is 13.2 Å². The van der Waals surface area contributed by atoms with Crippen LogP contribution in [-0.2, 0) is 19.6 Å². The van der Waals surface area contributed by atoms with Crippen LogP contribution < -0.4 is 9.46 Å². The first-order chi connectivity index (χ1) is 9.36. The Morgan fingerprint density at radius 1 is 1.45 bits per heavy atom. The van der Waals surface area contributed by atoms with E-state index in [-0.39, 0.29) is 30.0 Å². The number of esters is 1. The number of hydrogen-bond donors (Lipinski definition) is 1. The molecular formula is C10H14ClN3O5S. The number of ether oxygens (including phenoxy) is 2. The van der Waals surface area contributed by atoms with Gasteiger partial charge in [0.05, 0.1) is 25.9 Å². The Labute approximate surface area is 121 Å². The maximum atomic E-state index is 11.7. The number of aromatic nitrogens is 2. The molecule has 0 radical (unpaired) electrons. The number of halogens is 1. The van der Waals surface area contributed by atoms with Gasteiger partial charge in [0.1, 0.15) is 5.15 Å². The largest absolute Gasteiger partial charge is 0.481 e. The Kier molecular flexibility index (Phi) is 5.96. The molecule has 0 fully saturated rings. The summed E-state index contributed by atoms with van der Waals surface area (Å²) in [6.45, 7) is 1.83. The molecule has 0 amide bonds. The second-order valence-corrected chi connectivity index (χ2v) is 5.76. The highest BCUT2D eigenvalue weighted by atomic mass is 35.5. The summed E-state index contributed by atoms with van der Waals surface area (Å²) in [6.07, 6.45) is -0.263. The van der Waals surface area contributed by atoms with Crippen molar-refractivity contribution in [1.82, 2.24) is 9.97 Å². The predicted octanol–water partition coefficient (Wildman–Crippen LogP) is 0.833. The molecule has 0 spiro atoms. The molecule has 0 saturated heterocycles.